The summed E-state index contributed by atoms with van der Waals surface area (Å²) in [4.78, 5) is 25.9. The van der Waals surface area contributed by atoms with Crippen LogP contribution in [0.5, 0.6) is 0 Å². The molecule has 112 valence electrons. The summed E-state index contributed by atoms with van der Waals surface area (Å²) in [5.74, 6) is -1.06. The molecule has 2 amide bonds. The van der Waals surface area contributed by atoms with Crippen LogP contribution >= 0.6 is 0 Å². The van der Waals surface area contributed by atoms with Crippen molar-refractivity contribution >= 4 is 12.0 Å². The van der Waals surface area contributed by atoms with Crippen LogP contribution in [0.15, 0.2) is 0 Å². The Balaban J connectivity index is 4.73. The lowest BCUT2D eigenvalue weighted by Crippen LogP contribution is -2.49. The van der Waals surface area contributed by atoms with E-state index in [0.29, 0.717) is 13.0 Å². The number of hydrogen-bond donors (Lipinski definition) is 2. The van der Waals surface area contributed by atoms with Crippen molar-refractivity contribution in [1.82, 2.24) is 9.80 Å². The van der Waals surface area contributed by atoms with Crippen molar-refractivity contribution in [2.45, 2.75) is 26.3 Å². The first-order valence-electron chi connectivity index (χ1n) is 6.31. The van der Waals surface area contributed by atoms with Crippen LogP contribution < -0.4 is 0 Å². The molecule has 0 aromatic rings. The second-order valence-corrected chi connectivity index (χ2v) is 4.45. The summed E-state index contributed by atoms with van der Waals surface area (Å²) in [6.07, 6.45) is 0.467. The Kier molecular flexibility index (Phi) is 8.90. The van der Waals surface area contributed by atoms with Crippen molar-refractivity contribution in [2.75, 3.05) is 40.0 Å². The summed E-state index contributed by atoms with van der Waals surface area (Å²) in [6, 6.07) is -0.402. The first kappa shape index (κ1) is 17.7. The number of nitrogens with zero attached hydrogens (tertiary/aromatic N) is 2. The normalized spacial score (nSPS) is 10.6. The van der Waals surface area contributed by atoms with Crippen molar-refractivity contribution in [3.8, 4) is 0 Å². The van der Waals surface area contributed by atoms with Crippen LogP contribution in [0.3, 0.4) is 0 Å². The fourth-order valence-corrected chi connectivity index (χ4v) is 1.60. The van der Waals surface area contributed by atoms with E-state index in [4.69, 9.17) is 14.9 Å². The molecule has 0 saturated carbocycles. The average molecular weight is 276 g/mol. The molecule has 0 spiro atoms. The van der Waals surface area contributed by atoms with Crippen LogP contribution in [0.2, 0.25) is 0 Å². The summed E-state index contributed by atoms with van der Waals surface area (Å²) in [5, 5.41) is 17.7. The number of rotatable bonds is 9. The number of aliphatic hydroxyl groups excluding tert-OH is 1. The Morgan fingerprint density at radius 3 is 2.32 bits per heavy atom. The number of aliphatic hydroxyl groups is 1. The van der Waals surface area contributed by atoms with E-state index < -0.39 is 5.97 Å². The average Bonchev–Trinajstić information content (AvgIpc) is 2.33. The van der Waals surface area contributed by atoms with Crippen LogP contribution in [-0.2, 0) is 9.53 Å². The van der Waals surface area contributed by atoms with E-state index in [1.54, 1.807) is 4.90 Å². The molecule has 0 heterocycles. The van der Waals surface area contributed by atoms with E-state index in [9.17, 15) is 9.59 Å². The molecule has 7 nitrogen and oxygen atoms in total. The Morgan fingerprint density at radius 1 is 1.26 bits per heavy atom. The molecule has 0 unspecified atom stereocenters. The molecule has 0 rings (SSSR count). The molecule has 7 heteroatoms. The standard InChI is InChI=1S/C12H24N2O5/c1-10(2)14(5-4-7-15)12(18)13(6-8-19-3)9-11(16)17/h10,15H,4-9H2,1-3H3,(H,16,17). The van der Waals surface area contributed by atoms with Crippen LogP contribution in [0.4, 0.5) is 4.79 Å². The highest BCUT2D eigenvalue weighted by Crippen LogP contribution is 2.06. The summed E-state index contributed by atoms with van der Waals surface area (Å²) < 4.78 is 4.88. The van der Waals surface area contributed by atoms with Gasteiger partial charge in [-0.25, -0.2) is 4.79 Å². The number of hydrogen-bond acceptors (Lipinski definition) is 4. The minimum atomic E-state index is -1.06. The van der Waals surface area contributed by atoms with Crippen molar-refractivity contribution in [3.63, 3.8) is 0 Å². The van der Waals surface area contributed by atoms with E-state index in [0.717, 1.165) is 0 Å². The molecule has 19 heavy (non-hydrogen) atoms. The highest BCUT2D eigenvalue weighted by atomic mass is 16.5. The number of carboxylic acid groups (broad SMARTS) is 1. The van der Waals surface area contributed by atoms with Crippen molar-refractivity contribution in [3.05, 3.63) is 0 Å². The maximum absolute atomic E-state index is 12.3. The van der Waals surface area contributed by atoms with Crippen LogP contribution in [0, 0.1) is 0 Å². The van der Waals surface area contributed by atoms with Gasteiger partial charge in [-0.3, -0.25) is 4.79 Å². The number of carbonyl (C=O) groups excluding carboxylic acids is 1. The molecule has 0 aliphatic carbocycles. The summed E-state index contributed by atoms with van der Waals surface area (Å²) in [5.41, 5.74) is 0. The van der Waals surface area contributed by atoms with Crippen molar-refractivity contribution in [1.29, 1.82) is 0 Å². The number of ether oxygens (including phenoxy) is 1. The Bertz CT molecular complexity index is 283. The van der Waals surface area contributed by atoms with Gasteiger partial charge in [-0.2, -0.15) is 0 Å². The van der Waals surface area contributed by atoms with Gasteiger partial charge in [-0.1, -0.05) is 0 Å². The quantitative estimate of drug-likeness (QED) is 0.629. The number of urea groups is 1. The minimum absolute atomic E-state index is 0.00645. The van der Waals surface area contributed by atoms with Crippen LogP contribution in [0.25, 0.3) is 0 Å². The molecule has 2 N–H and O–H groups in total. The maximum Gasteiger partial charge on any atom is 0.323 e. The van der Waals surface area contributed by atoms with E-state index >= 15 is 0 Å². The molecule has 0 aliphatic heterocycles. The smallest absolute Gasteiger partial charge is 0.323 e. The van der Waals surface area contributed by atoms with E-state index in [1.165, 1.54) is 12.0 Å². The van der Waals surface area contributed by atoms with Gasteiger partial charge in [0.2, 0.25) is 0 Å². The Labute approximate surface area is 113 Å². The number of aliphatic carboxylic acids is 1. The second-order valence-electron chi connectivity index (χ2n) is 4.45. The molecule has 0 radical (unpaired) electrons. The van der Waals surface area contributed by atoms with Gasteiger partial charge in [-0.05, 0) is 20.3 Å². The van der Waals surface area contributed by atoms with Crippen LogP contribution in [0.1, 0.15) is 20.3 Å². The topological polar surface area (TPSA) is 90.3 Å². The molecular formula is C12H24N2O5. The predicted octanol–water partition coefficient (Wildman–Crippen LogP) is 0.232. The number of amides is 2. The van der Waals surface area contributed by atoms with Gasteiger partial charge in [0.25, 0.3) is 0 Å². The highest BCUT2D eigenvalue weighted by Gasteiger charge is 2.24. The van der Waals surface area contributed by atoms with Crippen molar-refractivity contribution < 1.29 is 24.5 Å². The van der Waals surface area contributed by atoms with E-state index in [1.807, 2.05) is 13.8 Å². The van der Waals surface area contributed by atoms with Gasteiger partial charge in [-0.15, -0.1) is 0 Å². The number of carbonyl (C=O) groups is 2. The SMILES string of the molecule is COCCN(CC(=O)O)C(=O)N(CCCO)C(C)C. The van der Waals surface area contributed by atoms with Crippen molar-refractivity contribution in [2.24, 2.45) is 0 Å². The molecule has 0 aromatic carbocycles. The van der Waals surface area contributed by atoms with E-state index in [2.05, 4.69) is 0 Å². The molecule has 0 aliphatic rings. The van der Waals surface area contributed by atoms with Crippen LogP contribution in [-0.4, -0.2) is 78.0 Å². The third-order valence-corrected chi connectivity index (χ3v) is 2.59. The summed E-state index contributed by atoms with van der Waals surface area (Å²) in [6.45, 7) is 4.25. The third kappa shape index (κ3) is 6.97. The molecule has 0 aromatic heterocycles. The predicted molar refractivity (Wildman–Crippen MR) is 70.0 cm³/mol. The van der Waals surface area contributed by atoms with Gasteiger partial charge in [0, 0.05) is 32.8 Å². The first-order valence-corrected chi connectivity index (χ1v) is 6.31. The monoisotopic (exact) mass is 276 g/mol. The van der Waals surface area contributed by atoms with Gasteiger partial charge in [0.1, 0.15) is 6.54 Å². The molecule has 0 atom stereocenters. The highest BCUT2D eigenvalue weighted by molar-refractivity contribution is 5.80. The second kappa shape index (κ2) is 9.57. The largest absolute Gasteiger partial charge is 0.480 e. The first-order chi connectivity index (χ1) is 8.93. The lowest BCUT2D eigenvalue weighted by Gasteiger charge is -2.32. The number of carboxylic acids is 1. The fourth-order valence-electron chi connectivity index (χ4n) is 1.60. The fraction of sp³-hybridized carbons (Fsp3) is 0.833. The summed E-state index contributed by atoms with van der Waals surface area (Å²) >= 11 is 0. The zero-order valence-electron chi connectivity index (χ0n) is 11.8. The molecule has 0 bridgehead atoms. The maximum atomic E-state index is 12.3. The summed E-state index contributed by atoms with van der Waals surface area (Å²) in [7, 11) is 1.50. The van der Waals surface area contributed by atoms with Gasteiger partial charge in [0.15, 0.2) is 0 Å². The van der Waals surface area contributed by atoms with Gasteiger partial charge in [0.05, 0.1) is 6.61 Å². The molecule has 0 saturated heterocycles. The van der Waals surface area contributed by atoms with E-state index in [-0.39, 0.29) is 38.4 Å². The van der Waals surface area contributed by atoms with Gasteiger partial charge < -0.3 is 24.7 Å². The Morgan fingerprint density at radius 2 is 1.89 bits per heavy atom. The third-order valence-electron chi connectivity index (χ3n) is 2.59. The minimum Gasteiger partial charge on any atom is -0.480 e. The Hall–Kier alpha value is -1.34. The lowest BCUT2D eigenvalue weighted by molar-refractivity contribution is -0.137. The zero-order chi connectivity index (χ0) is 14.8. The van der Waals surface area contributed by atoms with Gasteiger partial charge >= 0.3 is 12.0 Å². The zero-order valence-corrected chi connectivity index (χ0v) is 11.8. The lowest BCUT2D eigenvalue weighted by atomic mass is 10.3. The molecular weight excluding hydrogens is 252 g/mol. The molecule has 0 fully saturated rings. The number of methoxy groups -OCH3 is 1.